The zero-order valence-electron chi connectivity index (χ0n) is 18.5. The summed E-state index contributed by atoms with van der Waals surface area (Å²) in [6.45, 7) is 0.560. The Labute approximate surface area is 196 Å². The molecule has 2 amide bonds. The smallest absolute Gasteiger partial charge is 0.330 e. The van der Waals surface area contributed by atoms with E-state index in [9.17, 15) is 39.6 Å². The molecule has 3 aliphatic rings. The van der Waals surface area contributed by atoms with Crippen molar-refractivity contribution in [3.63, 3.8) is 0 Å². The number of rotatable bonds is 4. The molecule has 8 N–H and O–H groups in total. The second-order valence-electron chi connectivity index (χ2n) is 8.21. The van der Waals surface area contributed by atoms with Crippen LogP contribution in [0.15, 0.2) is 27.4 Å². The van der Waals surface area contributed by atoms with E-state index in [1.54, 1.807) is 0 Å². The highest BCUT2D eigenvalue weighted by Gasteiger charge is 2.46. The van der Waals surface area contributed by atoms with Crippen molar-refractivity contribution in [2.45, 2.75) is 62.3 Å². The third-order valence-electron chi connectivity index (χ3n) is 5.81. The number of aliphatic hydroxyl groups excluding tert-OH is 6. The van der Waals surface area contributed by atoms with Gasteiger partial charge in [0, 0.05) is 23.8 Å². The van der Waals surface area contributed by atoms with Gasteiger partial charge in [-0.15, -0.1) is 0 Å². The summed E-state index contributed by atoms with van der Waals surface area (Å²) >= 11 is 0. The molecule has 0 radical (unpaired) electrons. The quantitative estimate of drug-likeness (QED) is 0.181. The van der Waals surface area contributed by atoms with E-state index in [2.05, 4.69) is 10.3 Å². The van der Waals surface area contributed by atoms with Crippen LogP contribution in [0.25, 0.3) is 0 Å². The zero-order chi connectivity index (χ0) is 26.0. The number of aliphatic hydroxyl groups is 6. The summed E-state index contributed by atoms with van der Waals surface area (Å²) in [7, 11) is 0. The highest BCUT2D eigenvalue weighted by Crippen LogP contribution is 2.28. The molecular formula is C20H27N3O12. The van der Waals surface area contributed by atoms with E-state index in [0.717, 1.165) is 4.57 Å². The maximum Gasteiger partial charge on any atom is 0.330 e. The number of ether oxygens (including phenoxy) is 2. The van der Waals surface area contributed by atoms with Crippen molar-refractivity contribution in [2.75, 3.05) is 13.2 Å². The highest BCUT2D eigenvalue weighted by atomic mass is 16.6. The van der Waals surface area contributed by atoms with E-state index in [4.69, 9.17) is 19.7 Å². The molecule has 8 atom stereocenters. The number of hydrogen-bond donors (Lipinski definition) is 8. The number of aromatic amines is 1. The predicted molar refractivity (Wildman–Crippen MR) is 113 cm³/mol. The maximum absolute atomic E-state index is 11.6. The minimum atomic E-state index is -1.36. The van der Waals surface area contributed by atoms with Crippen LogP contribution in [0.2, 0.25) is 0 Å². The lowest BCUT2D eigenvalue weighted by molar-refractivity contribution is -0.130. The van der Waals surface area contributed by atoms with Crippen molar-refractivity contribution in [2.24, 2.45) is 0 Å². The minimum absolute atomic E-state index is 0.0214. The summed E-state index contributed by atoms with van der Waals surface area (Å²) in [6.07, 6.45) is -6.63. The van der Waals surface area contributed by atoms with Crippen molar-refractivity contribution < 1.29 is 49.7 Å². The molecule has 35 heavy (non-hydrogen) atoms. The lowest BCUT2D eigenvalue weighted by atomic mass is 9.98. The summed E-state index contributed by atoms with van der Waals surface area (Å²) in [5.74, 6) is -1.07. The first-order chi connectivity index (χ1) is 16.5. The molecule has 4 heterocycles. The monoisotopic (exact) mass is 501 g/mol. The Morgan fingerprint density at radius 2 is 1.54 bits per heavy atom. The molecule has 3 aliphatic heterocycles. The number of aromatic nitrogens is 2. The Kier molecular flexibility index (Phi) is 8.34. The van der Waals surface area contributed by atoms with Crippen molar-refractivity contribution >= 4 is 11.8 Å². The third-order valence-corrected chi connectivity index (χ3v) is 5.81. The van der Waals surface area contributed by atoms with E-state index >= 15 is 0 Å². The van der Waals surface area contributed by atoms with E-state index in [-0.39, 0.29) is 17.6 Å². The Morgan fingerprint density at radius 1 is 0.943 bits per heavy atom. The van der Waals surface area contributed by atoms with E-state index in [1.165, 1.54) is 19.2 Å². The summed E-state index contributed by atoms with van der Waals surface area (Å²) in [6, 6.07) is 0. The van der Waals surface area contributed by atoms with E-state index in [1.807, 2.05) is 0 Å². The number of nitrogens with one attached hydrogen (secondary N) is 2. The molecule has 4 rings (SSSR count). The van der Waals surface area contributed by atoms with Gasteiger partial charge in [-0.05, 0) is 6.92 Å². The van der Waals surface area contributed by atoms with Crippen LogP contribution >= 0.6 is 0 Å². The highest BCUT2D eigenvalue weighted by molar-refractivity contribution is 6.08. The third kappa shape index (κ3) is 5.41. The van der Waals surface area contributed by atoms with Crippen molar-refractivity contribution in [1.29, 1.82) is 0 Å². The molecule has 2 unspecified atom stereocenters. The first-order valence-corrected chi connectivity index (χ1v) is 10.6. The second-order valence-corrected chi connectivity index (χ2v) is 8.21. The Bertz CT molecular complexity index is 1100. The topological polar surface area (TPSA) is 241 Å². The van der Waals surface area contributed by atoms with E-state index < -0.39 is 85.2 Å². The van der Waals surface area contributed by atoms with Crippen LogP contribution in [0.4, 0.5) is 0 Å². The standard InChI is InChI=1S/C10H14N2O6.C10H13NO6/c1-4-2-12(10(17)11-8(4)16)9-7(15)6(14)5(3-13)18-9;12-3-5-7(14)8(15)9(17-5)4-1-2-6(13)11-10(4)16/h2,5-7,9,13-15H,3H2,1H3,(H,11,16,17);1,5,7-9,12,14-15H,2-3H2,(H,11,13,16)/t5-,6+,7?,9-;5-,7+,8?,9+/m11/s1. The number of H-pyrrole nitrogens is 1. The van der Waals surface area contributed by atoms with Crippen LogP contribution in [0.1, 0.15) is 18.2 Å². The van der Waals surface area contributed by atoms with Gasteiger partial charge in [0.2, 0.25) is 5.91 Å². The molecule has 1 aromatic rings. The van der Waals surface area contributed by atoms with Gasteiger partial charge in [-0.3, -0.25) is 29.3 Å². The first kappa shape index (κ1) is 26.8. The van der Waals surface area contributed by atoms with Gasteiger partial charge in [-0.25, -0.2) is 4.79 Å². The van der Waals surface area contributed by atoms with Gasteiger partial charge in [-0.1, -0.05) is 6.08 Å². The van der Waals surface area contributed by atoms with Gasteiger partial charge >= 0.3 is 5.69 Å². The minimum Gasteiger partial charge on any atom is -0.394 e. The lowest BCUT2D eigenvalue weighted by Gasteiger charge is -2.20. The van der Waals surface area contributed by atoms with Crippen LogP contribution in [-0.4, -0.2) is 108 Å². The Hall–Kier alpha value is -2.76. The molecule has 2 saturated heterocycles. The lowest BCUT2D eigenvalue weighted by Crippen LogP contribution is -2.42. The fourth-order valence-electron chi connectivity index (χ4n) is 3.83. The number of carbonyl (C=O) groups excluding carboxylic acids is 2. The van der Waals surface area contributed by atoms with Crippen LogP contribution in [-0.2, 0) is 19.1 Å². The molecule has 1 aromatic heterocycles. The van der Waals surface area contributed by atoms with Gasteiger partial charge in [0.15, 0.2) is 6.23 Å². The fourth-order valence-corrected chi connectivity index (χ4v) is 3.83. The largest absolute Gasteiger partial charge is 0.394 e. The molecule has 0 bridgehead atoms. The van der Waals surface area contributed by atoms with Crippen molar-refractivity contribution in [3.8, 4) is 0 Å². The SMILES string of the molecule is Cc1cn([C@@H]2O[C@H](CO)[C@H](O)C2O)c(=O)[nH]c1=O.O=C1CC=C([C@@H]2O[C@H](CO)[C@H](O)C2O)C(=O)N1. The zero-order valence-corrected chi connectivity index (χ0v) is 18.5. The average Bonchev–Trinajstić information content (AvgIpc) is 3.26. The molecule has 2 fully saturated rings. The summed E-state index contributed by atoms with van der Waals surface area (Å²) in [5.41, 5.74) is -0.900. The Morgan fingerprint density at radius 3 is 2.09 bits per heavy atom. The van der Waals surface area contributed by atoms with Crippen molar-refractivity contribution in [3.05, 3.63) is 44.2 Å². The maximum atomic E-state index is 11.6. The summed E-state index contributed by atoms with van der Waals surface area (Å²) in [5, 5.41) is 58.5. The number of amides is 2. The molecule has 0 saturated carbocycles. The number of aryl methyl sites for hydroxylation is 1. The normalized spacial score (nSPS) is 34.8. The molecule has 15 heteroatoms. The van der Waals surface area contributed by atoms with Crippen LogP contribution in [0.5, 0.6) is 0 Å². The van der Waals surface area contributed by atoms with Gasteiger partial charge in [0.05, 0.1) is 13.2 Å². The van der Waals surface area contributed by atoms with Crippen LogP contribution in [0.3, 0.4) is 0 Å². The molecular weight excluding hydrogens is 474 g/mol. The number of nitrogens with zero attached hydrogens (tertiary/aromatic N) is 1. The molecule has 0 aliphatic carbocycles. The number of carbonyl (C=O) groups is 2. The van der Waals surface area contributed by atoms with Gasteiger partial charge in [0.1, 0.15) is 42.7 Å². The van der Waals surface area contributed by atoms with Gasteiger partial charge in [0.25, 0.3) is 11.5 Å². The Balaban J connectivity index is 0.000000196. The summed E-state index contributed by atoms with van der Waals surface area (Å²) in [4.78, 5) is 47.3. The average molecular weight is 501 g/mol. The van der Waals surface area contributed by atoms with Gasteiger partial charge < -0.3 is 40.1 Å². The summed E-state index contributed by atoms with van der Waals surface area (Å²) < 4.78 is 11.4. The second kappa shape index (κ2) is 10.9. The van der Waals surface area contributed by atoms with E-state index in [0.29, 0.717) is 0 Å². The number of imide groups is 1. The molecule has 194 valence electrons. The predicted octanol–water partition coefficient (Wildman–Crippen LogP) is -5.10. The molecule has 0 spiro atoms. The fraction of sp³-hybridized carbons (Fsp3) is 0.600. The van der Waals surface area contributed by atoms with Crippen LogP contribution < -0.4 is 16.6 Å². The molecule has 15 nitrogen and oxygen atoms in total. The molecule has 0 aromatic carbocycles. The first-order valence-electron chi connectivity index (χ1n) is 10.6. The van der Waals surface area contributed by atoms with Crippen molar-refractivity contribution in [1.82, 2.24) is 14.9 Å². The van der Waals surface area contributed by atoms with Gasteiger partial charge in [-0.2, -0.15) is 0 Å². The number of hydrogen-bond acceptors (Lipinski definition) is 12. The van der Waals surface area contributed by atoms with Crippen LogP contribution in [0, 0.1) is 6.92 Å².